The van der Waals surface area contributed by atoms with Crippen molar-refractivity contribution in [2.75, 3.05) is 6.61 Å². The lowest BCUT2D eigenvalue weighted by atomic mass is 9.98. The summed E-state index contributed by atoms with van der Waals surface area (Å²) in [7, 11) is 0. The zero-order valence-corrected chi connectivity index (χ0v) is 9.20. The van der Waals surface area contributed by atoms with E-state index >= 15 is 0 Å². The van der Waals surface area contributed by atoms with Gasteiger partial charge in [0.05, 0.1) is 6.10 Å². The Morgan fingerprint density at radius 3 is 3.13 bits per heavy atom. The summed E-state index contributed by atoms with van der Waals surface area (Å²) in [6.45, 7) is 2.37. The quantitative estimate of drug-likeness (QED) is 0.822. The summed E-state index contributed by atoms with van der Waals surface area (Å²) in [5.74, 6) is 1.07. The molecule has 1 aliphatic heterocycles. The van der Waals surface area contributed by atoms with E-state index in [9.17, 15) is 0 Å². The third kappa shape index (κ3) is 2.32. The molecule has 1 heterocycles. The first-order valence-electron chi connectivity index (χ1n) is 5.69. The molecule has 1 aromatic rings. The van der Waals surface area contributed by atoms with Crippen LogP contribution in [0.5, 0.6) is 5.75 Å². The van der Waals surface area contributed by atoms with Crippen LogP contribution >= 0.6 is 0 Å². The lowest BCUT2D eigenvalue weighted by molar-refractivity contribution is 0.190. The van der Waals surface area contributed by atoms with Crippen LogP contribution in [0, 0.1) is 0 Å². The van der Waals surface area contributed by atoms with Crippen LogP contribution in [0.25, 0.3) is 0 Å². The summed E-state index contributed by atoms with van der Waals surface area (Å²) in [6.07, 6.45) is 4.27. The van der Waals surface area contributed by atoms with Crippen molar-refractivity contribution < 1.29 is 9.84 Å². The number of fused-ring (bicyclic) bond motifs is 1. The summed E-state index contributed by atoms with van der Waals surface area (Å²) < 4.78 is 5.88. The van der Waals surface area contributed by atoms with Crippen LogP contribution in [0.4, 0.5) is 0 Å². The Balaban J connectivity index is 2.23. The fourth-order valence-electron chi connectivity index (χ4n) is 2.07. The summed E-state index contributed by atoms with van der Waals surface area (Å²) in [5.41, 5.74) is 2.57. The molecule has 15 heavy (non-hydrogen) atoms. The number of aryl methyl sites for hydroxylation is 2. The molecule has 0 aliphatic carbocycles. The maximum absolute atomic E-state index is 8.84. The van der Waals surface area contributed by atoms with Gasteiger partial charge in [-0.15, -0.1) is 0 Å². The first kappa shape index (κ1) is 10.5. The number of aliphatic hydroxyl groups excluding tert-OH is 1. The molecule has 2 heteroatoms. The van der Waals surface area contributed by atoms with Gasteiger partial charge in [-0.25, -0.2) is 0 Å². The fourth-order valence-corrected chi connectivity index (χ4v) is 2.07. The number of rotatable bonds is 3. The molecule has 0 saturated carbocycles. The third-order valence-electron chi connectivity index (χ3n) is 2.92. The molecule has 1 unspecified atom stereocenters. The van der Waals surface area contributed by atoms with Gasteiger partial charge in [0.15, 0.2) is 0 Å². The SMILES string of the molecule is CC1CCc2cccc(CCCO)c2O1. The predicted octanol–water partition coefficient (Wildman–Crippen LogP) is 2.33. The van der Waals surface area contributed by atoms with Crippen molar-refractivity contribution in [3.8, 4) is 5.75 Å². The van der Waals surface area contributed by atoms with E-state index in [4.69, 9.17) is 9.84 Å². The van der Waals surface area contributed by atoms with Crippen molar-refractivity contribution in [2.45, 2.75) is 38.7 Å². The van der Waals surface area contributed by atoms with Crippen LogP contribution in [0.2, 0.25) is 0 Å². The fraction of sp³-hybridized carbons (Fsp3) is 0.538. The molecule has 2 rings (SSSR count). The third-order valence-corrected chi connectivity index (χ3v) is 2.92. The van der Waals surface area contributed by atoms with E-state index in [2.05, 4.69) is 25.1 Å². The van der Waals surface area contributed by atoms with Gasteiger partial charge < -0.3 is 9.84 Å². The topological polar surface area (TPSA) is 29.5 Å². The van der Waals surface area contributed by atoms with Crippen molar-refractivity contribution in [3.05, 3.63) is 29.3 Å². The lowest BCUT2D eigenvalue weighted by Crippen LogP contribution is -2.20. The zero-order chi connectivity index (χ0) is 10.7. The number of para-hydroxylation sites is 1. The minimum absolute atomic E-state index is 0.249. The van der Waals surface area contributed by atoms with Gasteiger partial charge in [0.1, 0.15) is 5.75 Å². The maximum Gasteiger partial charge on any atom is 0.126 e. The van der Waals surface area contributed by atoms with Gasteiger partial charge in [-0.3, -0.25) is 0 Å². The second kappa shape index (κ2) is 4.67. The van der Waals surface area contributed by atoms with Crippen molar-refractivity contribution in [1.29, 1.82) is 0 Å². The number of aliphatic hydroxyl groups is 1. The standard InChI is InChI=1S/C13H18O2/c1-10-7-8-12-5-2-4-11(6-3-9-14)13(12)15-10/h2,4-5,10,14H,3,6-9H2,1H3. The number of hydrogen-bond donors (Lipinski definition) is 1. The second-order valence-corrected chi connectivity index (χ2v) is 4.20. The molecule has 1 atom stereocenters. The van der Waals surface area contributed by atoms with E-state index in [1.165, 1.54) is 11.1 Å². The molecule has 0 fully saturated rings. The molecular formula is C13H18O2. The summed E-state index contributed by atoms with van der Waals surface area (Å²) in [6, 6.07) is 6.33. The van der Waals surface area contributed by atoms with Crippen LogP contribution in [0.1, 0.15) is 30.9 Å². The molecule has 0 aromatic heterocycles. The molecule has 82 valence electrons. The first-order valence-corrected chi connectivity index (χ1v) is 5.69. The number of ether oxygens (including phenoxy) is 1. The van der Waals surface area contributed by atoms with E-state index in [-0.39, 0.29) is 6.61 Å². The molecule has 0 spiro atoms. The number of hydrogen-bond acceptors (Lipinski definition) is 2. The average molecular weight is 206 g/mol. The minimum atomic E-state index is 0.249. The van der Waals surface area contributed by atoms with E-state index in [1.54, 1.807) is 0 Å². The van der Waals surface area contributed by atoms with Crippen molar-refractivity contribution >= 4 is 0 Å². The maximum atomic E-state index is 8.84. The smallest absolute Gasteiger partial charge is 0.126 e. The van der Waals surface area contributed by atoms with Gasteiger partial charge in [-0.2, -0.15) is 0 Å². The predicted molar refractivity (Wildman–Crippen MR) is 60.3 cm³/mol. The monoisotopic (exact) mass is 206 g/mol. The molecular weight excluding hydrogens is 188 g/mol. The van der Waals surface area contributed by atoms with Gasteiger partial charge in [0.2, 0.25) is 0 Å². The molecule has 1 N–H and O–H groups in total. The van der Waals surface area contributed by atoms with Gasteiger partial charge >= 0.3 is 0 Å². The minimum Gasteiger partial charge on any atom is -0.490 e. The Labute approximate surface area is 90.9 Å². The highest BCUT2D eigenvalue weighted by molar-refractivity contribution is 5.43. The van der Waals surface area contributed by atoms with Crippen LogP contribution in [-0.2, 0) is 12.8 Å². The number of benzene rings is 1. The average Bonchev–Trinajstić information content (AvgIpc) is 2.26. The van der Waals surface area contributed by atoms with Crippen LogP contribution in [-0.4, -0.2) is 17.8 Å². The van der Waals surface area contributed by atoms with Gasteiger partial charge in [-0.1, -0.05) is 18.2 Å². The van der Waals surface area contributed by atoms with Crippen molar-refractivity contribution in [2.24, 2.45) is 0 Å². The Morgan fingerprint density at radius 1 is 1.47 bits per heavy atom. The van der Waals surface area contributed by atoms with E-state index < -0.39 is 0 Å². The highest BCUT2D eigenvalue weighted by atomic mass is 16.5. The Bertz CT molecular complexity index is 333. The Kier molecular flexibility index (Phi) is 3.27. The molecule has 0 amide bonds. The largest absolute Gasteiger partial charge is 0.490 e. The zero-order valence-electron chi connectivity index (χ0n) is 9.20. The van der Waals surface area contributed by atoms with E-state index in [1.807, 2.05) is 0 Å². The van der Waals surface area contributed by atoms with Gasteiger partial charge in [0.25, 0.3) is 0 Å². The second-order valence-electron chi connectivity index (χ2n) is 4.20. The molecule has 2 nitrogen and oxygen atoms in total. The van der Waals surface area contributed by atoms with Crippen molar-refractivity contribution in [1.82, 2.24) is 0 Å². The van der Waals surface area contributed by atoms with E-state index in [0.29, 0.717) is 6.10 Å². The Hall–Kier alpha value is -1.02. The summed E-state index contributed by atoms with van der Waals surface area (Å²) in [4.78, 5) is 0. The molecule has 0 bridgehead atoms. The lowest BCUT2D eigenvalue weighted by Gasteiger charge is -2.25. The molecule has 1 aromatic carbocycles. The molecule has 0 saturated heterocycles. The van der Waals surface area contributed by atoms with Crippen LogP contribution < -0.4 is 4.74 Å². The molecule has 0 radical (unpaired) electrons. The van der Waals surface area contributed by atoms with Crippen molar-refractivity contribution in [3.63, 3.8) is 0 Å². The summed E-state index contributed by atoms with van der Waals surface area (Å²) >= 11 is 0. The van der Waals surface area contributed by atoms with Gasteiger partial charge in [0, 0.05) is 6.61 Å². The van der Waals surface area contributed by atoms with Gasteiger partial charge in [-0.05, 0) is 43.7 Å². The highest BCUT2D eigenvalue weighted by Gasteiger charge is 2.18. The molecule has 1 aliphatic rings. The normalized spacial score (nSPS) is 19.5. The van der Waals surface area contributed by atoms with Crippen LogP contribution in [0.3, 0.4) is 0 Å². The Morgan fingerprint density at radius 2 is 2.33 bits per heavy atom. The summed E-state index contributed by atoms with van der Waals surface area (Å²) in [5, 5.41) is 8.84. The van der Waals surface area contributed by atoms with E-state index in [0.717, 1.165) is 31.4 Å². The first-order chi connectivity index (χ1) is 7.31. The van der Waals surface area contributed by atoms with Crippen LogP contribution in [0.15, 0.2) is 18.2 Å². The highest BCUT2D eigenvalue weighted by Crippen LogP contribution is 2.31.